The maximum Gasteiger partial charge on any atom is 0.237 e. The number of carbonyl (C=O) groups is 1. The molecule has 1 atom stereocenters. The Hall–Kier alpha value is -0.610. The molecule has 1 fully saturated rings. The Morgan fingerprint density at radius 2 is 2.25 bits per heavy atom. The van der Waals surface area contributed by atoms with Gasteiger partial charge in [-0.15, -0.1) is 0 Å². The zero-order valence-corrected chi connectivity index (χ0v) is 10.4. The third kappa shape index (κ3) is 3.76. The van der Waals surface area contributed by atoms with E-state index in [1.54, 1.807) is 0 Å². The van der Waals surface area contributed by atoms with Crippen molar-refractivity contribution in [3.63, 3.8) is 0 Å². The second-order valence-electron chi connectivity index (χ2n) is 4.71. The SMILES string of the molecule is CC(C)N(CCCO)C1CCCCNC1=O. The number of hydrogen-bond donors (Lipinski definition) is 2. The second kappa shape index (κ2) is 6.86. The van der Waals surface area contributed by atoms with Gasteiger partial charge in [0.25, 0.3) is 0 Å². The minimum absolute atomic E-state index is 0.00551. The van der Waals surface area contributed by atoms with E-state index in [1.807, 2.05) is 0 Å². The van der Waals surface area contributed by atoms with Crippen LogP contribution in [0, 0.1) is 0 Å². The number of aliphatic hydroxyl groups excluding tert-OH is 1. The highest BCUT2D eigenvalue weighted by molar-refractivity contribution is 5.81. The first kappa shape index (κ1) is 13.5. The second-order valence-corrected chi connectivity index (χ2v) is 4.71. The first-order valence-electron chi connectivity index (χ1n) is 6.31. The fraction of sp³-hybridized carbons (Fsp3) is 0.917. The smallest absolute Gasteiger partial charge is 0.237 e. The van der Waals surface area contributed by atoms with Gasteiger partial charge < -0.3 is 10.4 Å². The third-order valence-corrected chi connectivity index (χ3v) is 3.14. The average Bonchev–Trinajstić information content (AvgIpc) is 2.44. The van der Waals surface area contributed by atoms with Gasteiger partial charge >= 0.3 is 0 Å². The number of hydrogen-bond acceptors (Lipinski definition) is 3. The standard InChI is InChI=1S/C12H24N2O2/c1-10(2)14(8-5-9-15)11-6-3-4-7-13-12(11)16/h10-11,15H,3-9H2,1-2H3,(H,13,16). The summed E-state index contributed by atoms with van der Waals surface area (Å²) in [4.78, 5) is 14.1. The van der Waals surface area contributed by atoms with Crippen molar-refractivity contribution < 1.29 is 9.90 Å². The molecule has 94 valence electrons. The number of aliphatic hydroxyl groups is 1. The molecule has 1 saturated heterocycles. The molecule has 4 nitrogen and oxygen atoms in total. The maximum absolute atomic E-state index is 11.9. The lowest BCUT2D eigenvalue weighted by molar-refractivity contribution is -0.127. The first-order valence-corrected chi connectivity index (χ1v) is 6.31. The molecule has 0 aromatic heterocycles. The van der Waals surface area contributed by atoms with Gasteiger partial charge in [0, 0.05) is 25.7 Å². The molecular formula is C12H24N2O2. The van der Waals surface area contributed by atoms with E-state index >= 15 is 0 Å². The Balaban J connectivity index is 2.62. The van der Waals surface area contributed by atoms with Crippen LogP contribution < -0.4 is 5.32 Å². The third-order valence-electron chi connectivity index (χ3n) is 3.14. The summed E-state index contributed by atoms with van der Waals surface area (Å²) in [6.45, 7) is 6.01. The number of carbonyl (C=O) groups excluding carboxylic acids is 1. The fourth-order valence-electron chi connectivity index (χ4n) is 2.27. The molecule has 1 aliphatic heterocycles. The predicted octanol–water partition coefficient (Wildman–Crippen LogP) is 0.748. The molecule has 0 aromatic carbocycles. The summed E-state index contributed by atoms with van der Waals surface area (Å²) in [5, 5.41) is 11.9. The highest BCUT2D eigenvalue weighted by Gasteiger charge is 2.28. The summed E-state index contributed by atoms with van der Waals surface area (Å²) < 4.78 is 0. The zero-order chi connectivity index (χ0) is 12.0. The van der Waals surface area contributed by atoms with Gasteiger partial charge in [-0.25, -0.2) is 0 Å². The Morgan fingerprint density at radius 1 is 1.50 bits per heavy atom. The van der Waals surface area contributed by atoms with Crippen LogP contribution in [0.2, 0.25) is 0 Å². The fourth-order valence-corrected chi connectivity index (χ4v) is 2.27. The van der Waals surface area contributed by atoms with Crippen molar-refractivity contribution in [2.75, 3.05) is 19.7 Å². The molecule has 0 bridgehead atoms. The van der Waals surface area contributed by atoms with Gasteiger partial charge in [0.15, 0.2) is 0 Å². The molecule has 1 rings (SSSR count). The molecule has 1 heterocycles. The van der Waals surface area contributed by atoms with Crippen molar-refractivity contribution in [3.05, 3.63) is 0 Å². The van der Waals surface area contributed by atoms with E-state index in [9.17, 15) is 4.79 Å². The molecule has 2 N–H and O–H groups in total. The summed E-state index contributed by atoms with van der Waals surface area (Å²) >= 11 is 0. The number of rotatable bonds is 5. The normalized spacial score (nSPS) is 22.3. The summed E-state index contributed by atoms with van der Waals surface area (Å²) in [7, 11) is 0. The Labute approximate surface area is 98.0 Å². The van der Waals surface area contributed by atoms with Gasteiger partial charge in [-0.2, -0.15) is 0 Å². The van der Waals surface area contributed by atoms with Crippen molar-refractivity contribution in [2.45, 2.75) is 51.6 Å². The van der Waals surface area contributed by atoms with Crippen LogP contribution in [0.4, 0.5) is 0 Å². The van der Waals surface area contributed by atoms with E-state index in [1.165, 1.54) is 0 Å². The number of nitrogens with one attached hydrogen (secondary N) is 1. The quantitative estimate of drug-likeness (QED) is 0.730. The van der Waals surface area contributed by atoms with Crippen molar-refractivity contribution in [3.8, 4) is 0 Å². The van der Waals surface area contributed by atoms with Gasteiger partial charge in [0.05, 0.1) is 6.04 Å². The van der Waals surface area contributed by atoms with Gasteiger partial charge in [0.1, 0.15) is 0 Å². The van der Waals surface area contributed by atoms with Crippen LogP contribution in [-0.2, 0) is 4.79 Å². The average molecular weight is 228 g/mol. The first-order chi connectivity index (χ1) is 7.66. The van der Waals surface area contributed by atoms with E-state index in [4.69, 9.17) is 5.11 Å². The van der Waals surface area contributed by atoms with Crippen LogP contribution >= 0.6 is 0 Å². The minimum Gasteiger partial charge on any atom is -0.396 e. The molecule has 0 aliphatic carbocycles. The van der Waals surface area contributed by atoms with E-state index in [2.05, 4.69) is 24.1 Å². The number of amides is 1. The van der Waals surface area contributed by atoms with Crippen molar-refractivity contribution in [1.29, 1.82) is 0 Å². The molecule has 0 spiro atoms. The molecule has 1 aliphatic rings. The van der Waals surface area contributed by atoms with Crippen LogP contribution in [0.25, 0.3) is 0 Å². The van der Waals surface area contributed by atoms with Crippen LogP contribution in [0.15, 0.2) is 0 Å². The van der Waals surface area contributed by atoms with Crippen molar-refractivity contribution in [2.24, 2.45) is 0 Å². The Morgan fingerprint density at radius 3 is 2.88 bits per heavy atom. The van der Waals surface area contributed by atoms with Gasteiger partial charge in [0.2, 0.25) is 5.91 Å². The summed E-state index contributed by atoms with van der Waals surface area (Å²) in [5.74, 6) is 0.157. The lowest BCUT2D eigenvalue weighted by atomic mass is 10.1. The van der Waals surface area contributed by atoms with Crippen molar-refractivity contribution >= 4 is 5.91 Å². The van der Waals surface area contributed by atoms with E-state index in [0.717, 1.165) is 38.8 Å². The largest absolute Gasteiger partial charge is 0.396 e. The van der Waals surface area contributed by atoms with Gasteiger partial charge in [-0.1, -0.05) is 0 Å². The highest BCUT2D eigenvalue weighted by atomic mass is 16.3. The highest BCUT2D eigenvalue weighted by Crippen LogP contribution is 2.15. The van der Waals surface area contributed by atoms with Crippen LogP contribution in [0.1, 0.15) is 39.5 Å². The summed E-state index contributed by atoms with van der Waals surface area (Å²) in [5.41, 5.74) is 0. The van der Waals surface area contributed by atoms with Crippen LogP contribution in [0.5, 0.6) is 0 Å². The molecule has 0 aromatic rings. The van der Waals surface area contributed by atoms with E-state index in [0.29, 0.717) is 6.04 Å². The summed E-state index contributed by atoms with van der Waals surface area (Å²) in [6, 6.07) is 0.342. The minimum atomic E-state index is -0.00551. The molecule has 1 amide bonds. The van der Waals surface area contributed by atoms with E-state index < -0.39 is 0 Å². The Bertz CT molecular complexity index is 219. The van der Waals surface area contributed by atoms with E-state index in [-0.39, 0.29) is 18.6 Å². The van der Waals surface area contributed by atoms with Crippen molar-refractivity contribution in [1.82, 2.24) is 10.2 Å². The number of nitrogens with zero attached hydrogens (tertiary/aromatic N) is 1. The maximum atomic E-state index is 11.9. The summed E-state index contributed by atoms with van der Waals surface area (Å²) in [6.07, 6.45) is 3.86. The predicted molar refractivity (Wildman–Crippen MR) is 64.2 cm³/mol. The van der Waals surface area contributed by atoms with Crippen LogP contribution in [-0.4, -0.2) is 47.7 Å². The molecule has 16 heavy (non-hydrogen) atoms. The lowest BCUT2D eigenvalue weighted by Gasteiger charge is -2.33. The van der Waals surface area contributed by atoms with Crippen LogP contribution in [0.3, 0.4) is 0 Å². The van der Waals surface area contributed by atoms with Gasteiger partial charge in [-0.3, -0.25) is 9.69 Å². The monoisotopic (exact) mass is 228 g/mol. The molecule has 1 unspecified atom stereocenters. The molecule has 0 radical (unpaired) electrons. The Kier molecular flexibility index (Phi) is 5.77. The van der Waals surface area contributed by atoms with Gasteiger partial charge in [-0.05, 0) is 39.5 Å². The molecule has 0 saturated carbocycles. The lowest BCUT2D eigenvalue weighted by Crippen LogP contribution is -2.49. The molecule has 4 heteroatoms. The topological polar surface area (TPSA) is 52.6 Å². The zero-order valence-electron chi connectivity index (χ0n) is 10.4. The molecular weight excluding hydrogens is 204 g/mol.